The number of hydrogen-bond donors (Lipinski definition) is 1. The zero-order valence-corrected chi connectivity index (χ0v) is 17.9. The van der Waals surface area contributed by atoms with Gasteiger partial charge in [0, 0.05) is 50.5 Å². The van der Waals surface area contributed by atoms with E-state index in [4.69, 9.17) is 0 Å². The van der Waals surface area contributed by atoms with Crippen molar-refractivity contribution in [3.63, 3.8) is 0 Å². The van der Waals surface area contributed by atoms with Gasteiger partial charge in [0.25, 0.3) is 5.91 Å². The van der Waals surface area contributed by atoms with Gasteiger partial charge in [-0.15, -0.1) is 0 Å². The van der Waals surface area contributed by atoms with Crippen molar-refractivity contribution in [1.29, 1.82) is 0 Å². The number of amides is 2. The van der Waals surface area contributed by atoms with E-state index in [0.29, 0.717) is 31.2 Å². The van der Waals surface area contributed by atoms with Gasteiger partial charge >= 0.3 is 0 Å². The average Bonchev–Trinajstić information content (AvgIpc) is 3.32. The maximum absolute atomic E-state index is 14.3. The smallest absolute Gasteiger partial charge is 0.274 e. The number of carbonyl (C=O) groups excluding carboxylic acids is 2. The molecular formula is C24H29FN4O2. The first-order valence-corrected chi connectivity index (χ1v) is 11.0. The molecule has 2 aromatic rings. The Labute approximate surface area is 182 Å². The highest BCUT2D eigenvalue weighted by Crippen LogP contribution is 2.27. The Balaban J connectivity index is 1.39. The Bertz CT molecular complexity index is 936. The monoisotopic (exact) mass is 424 g/mol. The number of nitrogens with one attached hydrogen (secondary N) is 1. The lowest BCUT2D eigenvalue weighted by atomic mass is 10.0. The molecule has 0 unspecified atom stereocenters. The second-order valence-electron chi connectivity index (χ2n) is 8.49. The van der Waals surface area contributed by atoms with Crippen molar-refractivity contribution in [3.05, 3.63) is 59.2 Å². The average molecular weight is 425 g/mol. The predicted molar refractivity (Wildman–Crippen MR) is 117 cm³/mol. The molecule has 1 aromatic heterocycles. The molecule has 164 valence electrons. The van der Waals surface area contributed by atoms with E-state index < -0.39 is 0 Å². The van der Waals surface area contributed by atoms with E-state index in [9.17, 15) is 14.0 Å². The molecule has 31 heavy (non-hydrogen) atoms. The minimum absolute atomic E-state index is 0.210. The van der Waals surface area contributed by atoms with Gasteiger partial charge in [-0.1, -0.05) is 18.9 Å². The Morgan fingerprint density at radius 2 is 1.87 bits per heavy atom. The number of halogens is 1. The fourth-order valence-electron chi connectivity index (χ4n) is 4.51. The number of anilines is 1. The highest BCUT2D eigenvalue weighted by Gasteiger charge is 2.29. The second-order valence-corrected chi connectivity index (χ2v) is 8.49. The Morgan fingerprint density at radius 1 is 1.13 bits per heavy atom. The van der Waals surface area contributed by atoms with Gasteiger partial charge in [-0.05, 0) is 55.2 Å². The largest absolute Gasteiger partial charge is 0.340 e. The van der Waals surface area contributed by atoms with E-state index in [2.05, 4.69) is 15.2 Å². The summed E-state index contributed by atoms with van der Waals surface area (Å²) < 4.78 is 14.3. The molecule has 1 N–H and O–H groups in total. The number of carbonyl (C=O) groups is 2. The number of nitrogens with zero attached hydrogens (tertiary/aromatic N) is 3. The van der Waals surface area contributed by atoms with Crippen LogP contribution in [0, 0.1) is 18.7 Å². The first kappa shape index (κ1) is 21.4. The van der Waals surface area contributed by atoms with Crippen molar-refractivity contribution in [2.45, 2.75) is 39.2 Å². The fourth-order valence-corrected chi connectivity index (χ4v) is 4.51. The topological polar surface area (TPSA) is 65.5 Å². The van der Waals surface area contributed by atoms with Gasteiger partial charge in [-0.2, -0.15) is 0 Å². The third-order valence-electron chi connectivity index (χ3n) is 6.41. The highest BCUT2D eigenvalue weighted by molar-refractivity contribution is 6.03. The van der Waals surface area contributed by atoms with Crippen LogP contribution in [0.5, 0.6) is 0 Å². The van der Waals surface area contributed by atoms with Crippen molar-refractivity contribution >= 4 is 17.5 Å². The Morgan fingerprint density at radius 3 is 2.55 bits per heavy atom. The lowest BCUT2D eigenvalue weighted by molar-refractivity contribution is -0.137. The third kappa shape index (κ3) is 5.10. The number of benzene rings is 1. The van der Waals surface area contributed by atoms with Crippen LogP contribution in [-0.4, -0.2) is 52.8 Å². The molecule has 2 fully saturated rings. The van der Waals surface area contributed by atoms with Gasteiger partial charge in [0.15, 0.2) is 0 Å². The van der Waals surface area contributed by atoms with E-state index in [-0.39, 0.29) is 23.3 Å². The molecule has 0 spiro atoms. The summed E-state index contributed by atoms with van der Waals surface area (Å²) >= 11 is 0. The lowest BCUT2D eigenvalue weighted by Gasteiger charge is -2.36. The van der Waals surface area contributed by atoms with Crippen LogP contribution in [0.25, 0.3) is 0 Å². The second kappa shape index (κ2) is 9.56. The standard InChI is InChI=1S/C24H29FN4O2/c1-17-19(14-20(25)15-22(17)27-23(30)21-8-4-5-9-26-21)16-28-10-12-29(13-11-28)24(31)18-6-2-3-7-18/h4-5,8-9,14-15,18H,2-3,6-7,10-13,16H2,1H3,(H,27,30). The van der Waals surface area contributed by atoms with Gasteiger partial charge in [0.1, 0.15) is 11.5 Å². The minimum atomic E-state index is -0.382. The highest BCUT2D eigenvalue weighted by atomic mass is 19.1. The summed E-state index contributed by atoms with van der Waals surface area (Å²) in [6.07, 6.45) is 5.92. The van der Waals surface area contributed by atoms with Gasteiger partial charge in [0.05, 0.1) is 0 Å². The van der Waals surface area contributed by atoms with Crippen LogP contribution in [0.2, 0.25) is 0 Å². The molecular weight excluding hydrogens is 395 g/mol. The summed E-state index contributed by atoms with van der Waals surface area (Å²) in [4.78, 5) is 33.4. The van der Waals surface area contributed by atoms with Crippen LogP contribution in [0.15, 0.2) is 36.5 Å². The lowest BCUT2D eigenvalue weighted by Crippen LogP contribution is -2.49. The summed E-state index contributed by atoms with van der Waals surface area (Å²) in [5, 5.41) is 2.79. The van der Waals surface area contributed by atoms with Crippen molar-refractivity contribution in [1.82, 2.24) is 14.8 Å². The number of piperazine rings is 1. The zero-order chi connectivity index (χ0) is 21.8. The predicted octanol–water partition coefficient (Wildman–Crippen LogP) is 3.62. The van der Waals surface area contributed by atoms with Gasteiger partial charge < -0.3 is 10.2 Å². The summed E-state index contributed by atoms with van der Waals surface area (Å²) in [5.41, 5.74) is 2.43. The molecule has 0 atom stereocenters. The molecule has 0 bridgehead atoms. The Hall–Kier alpha value is -2.80. The number of rotatable bonds is 5. The summed E-state index contributed by atoms with van der Waals surface area (Å²) in [6, 6.07) is 7.98. The maximum atomic E-state index is 14.3. The van der Waals surface area contributed by atoms with Crippen molar-refractivity contribution in [2.24, 2.45) is 5.92 Å². The molecule has 1 aromatic carbocycles. The first-order chi connectivity index (χ1) is 15.0. The maximum Gasteiger partial charge on any atom is 0.274 e. The summed E-state index contributed by atoms with van der Waals surface area (Å²) in [7, 11) is 0. The Kier molecular flexibility index (Phi) is 6.61. The number of aromatic nitrogens is 1. The molecule has 2 amide bonds. The van der Waals surface area contributed by atoms with Gasteiger partial charge in [-0.3, -0.25) is 19.5 Å². The van der Waals surface area contributed by atoms with E-state index in [1.54, 1.807) is 24.4 Å². The van der Waals surface area contributed by atoms with E-state index in [0.717, 1.165) is 49.9 Å². The molecule has 2 heterocycles. The molecule has 1 saturated carbocycles. The van der Waals surface area contributed by atoms with Crippen LogP contribution in [0.3, 0.4) is 0 Å². The number of pyridine rings is 1. The zero-order valence-electron chi connectivity index (χ0n) is 17.9. The molecule has 1 aliphatic carbocycles. The first-order valence-electron chi connectivity index (χ1n) is 11.0. The summed E-state index contributed by atoms with van der Waals surface area (Å²) in [6.45, 7) is 5.44. The van der Waals surface area contributed by atoms with E-state index >= 15 is 0 Å². The van der Waals surface area contributed by atoms with Gasteiger partial charge in [0.2, 0.25) is 5.91 Å². The van der Waals surface area contributed by atoms with Crippen LogP contribution in [0.1, 0.15) is 47.3 Å². The van der Waals surface area contributed by atoms with Gasteiger partial charge in [-0.25, -0.2) is 4.39 Å². The number of hydrogen-bond acceptors (Lipinski definition) is 4. The molecule has 2 aliphatic rings. The van der Waals surface area contributed by atoms with Crippen molar-refractivity contribution in [3.8, 4) is 0 Å². The van der Waals surface area contributed by atoms with Crippen LogP contribution in [0.4, 0.5) is 10.1 Å². The van der Waals surface area contributed by atoms with E-state index in [1.807, 2.05) is 11.8 Å². The minimum Gasteiger partial charge on any atom is -0.340 e. The van der Waals surface area contributed by atoms with Crippen LogP contribution in [-0.2, 0) is 11.3 Å². The molecule has 7 heteroatoms. The molecule has 1 aliphatic heterocycles. The quantitative estimate of drug-likeness (QED) is 0.796. The molecule has 1 saturated heterocycles. The normalized spacial score (nSPS) is 17.7. The van der Waals surface area contributed by atoms with E-state index in [1.165, 1.54) is 12.1 Å². The van der Waals surface area contributed by atoms with Crippen LogP contribution >= 0.6 is 0 Å². The van der Waals surface area contributed by atoms with Crippen molar-refractivity contribution in [2.75, 3.05) is 31.5 Å². The summed E-state index contributed by atoms with van der Waals surface area (Å²) in [5.74, 6) is -0.229. The molecule has 6 nitrogen and oxygen atoms in total. The fraction of sp³-hybridized carbons (Fsp3) is 0.458. The van der Waals surface area contributed by atoms with Crippen LogP contribution < -0.4 is 5.32 Å². The van der Waals surface area contributed by atoms with Crippen molar-refractivity contribution < 1.29 is 14.0 Å². The molecule has 4 rings (SSSR count). The molecule has 0 radical (unpaired) electrons. The third-order valence-corrected chi connectivity index (χ3v) is 6.41. The SMILES string of the molecule is Cc1c(CN2CCN(C(=O)C3CCCC3)CC2)cc(F)cc1NC(=O)c1ccccn1.